The molecule has 0 spiro atoms. The Kier molecular flexibility index (Phi) is 7.18. The van der Waals surface area contributed by atoms with E-state index in [-0.39, 0.29) is 0 Å². The van der Waals surface area contributed by atoms with Gasteiger partial charge in [-0.25, -0.2) is 0 Å². The third kappa shape index (κ3) is 4.99. The van der Waals surface area contributed by atoms with Gasteiger partial charge in [-0.05, 0) is 37.6 Å². The summed E-state index contributed by atoms with van der Waals surface area (Å²) >= 11 is 0. The zero-order valence-corrected chi connectivity index (χ0v) is 12.4. The zero-order valence-electron chi connectivity index (χ0n) is 12.4. The van der Waals surface area contributed by atoms with Crippen LogP contribution in [0.5, 0.6) is 0 Å². The van der Waals surface area contributed by atoms with Crippen molar-refractivity contribution in [2.75, 3.05) is 6.54 Å². The van der Waals surface area contributed by atoms with E-state index in [1.807, 2.05) is 0 Å². The van der Waals surface area contributed by atoms with Crippen LogP contribution in [0.4, 0.5) is 0 Å². The van der Waals surface area contributed by atoms with Crippen LogP contribution in [-0.2, 0) is 0 Å². The van der Waals surface area contributed by atoms with Crippen LogP contribution >= 0.6 is 0 Å². The van der Waals surface area contributed by atoms with Gasteiger partial charge in [0.2, 0.25) is 0 Å². The summed E-state index contributed by atoms with van der Waals surface area (Å²) in [5.74, 6) is 0. The molecule has 17 heavy (non-hydrogen) atoms. The van der Waals surface area contributed by atoms with Gasteiger partial charge in [0.05, 0.1) is 0 Å². The average Bonchev–Trinajstić information content (AvgIpc) is 2.86. The maximum absolute atomic E-state index is 3.75. The van der Waals surface area contributed by atoms with E-state index < -0.39 is 0 Å². The predicted molar refractivity (Wildman–Crippen MR) is 77.4 cm³/mol. The largest absolute Gasteiger partial charge is 0.313 e. The van der Waals surface area contributed by atoms with E-state index in [0.717, 1.165) is 6.04 Å². The standard InChI is InChI=1S/C16H33N/c1-4-6-8-9-13-16(3,12-7-5-2)15-11-10-14-17-15/h15,17H,4-14H2,1-3H3. The number of rotatable bonds is 9. The smallest absolute Gasteiger partial charge is 0.0121 e. The minimum Gasteiger partial charge on any atom is -0.313 e. The fourth-order valence-corrected chi connectivity index (χ4v) is 3.29. The van der Waals surface area contributed by atoms with Crippen molar-refractivity contribution < 1.29 is 0 Å². The van der Waals surface area contributed by atoms with Crippen LogP contribution in [0.15, 0.2) is 0 Å². The number of unbranched alkanes of at least 4 members (excludes halogenated alkanes) is 4. The van der Waals surface area contributed by atoms with Crippen molar-refractivity contribution in [2.45, 2.75) is 91.0 Å². The average molecular weight is 239 g/mol. The lowest BCUT2D eigenvalue weighted by atomic mass is 9.73. The molecule has 2 unspecified atom stereocenters. The van der Waals surface area contributed by atoms with Gasteiger partial charge in [-0.15, -0.1) is 0 Å². The first-order chi connectivity index (χ1) is 8.23. The van der Waals surface area contributed by atoms with Crippen LogP contribution in [0.2, 0.25) is 0 Å². The third-order valence-electron chi connectivity index (χ3n) is 4.60. The molecule has 0 bridgehead atoms. The van der Waals surface area contributed by atoms with E-state index in [4.69, 9.17) is 0 Å². The van der Waals surface area contributed by atoms with Gasteiger partial charge in [0.15, 0.2) is 0 Å². The lowest BCUT2D eigenvalue weighted by molar-refractivity contribution is 0.184. The molecule has 0 saturated carbocycles. The minimum absolute atomic E-state index is 0.570. The molecule has 0 aromatic rings. The van der Waals surface area contributed by atoms with Gasteiger partial charge in [0.25, 0.3) is 0 Å². The Morgan fingerprint density at radius 3 is 2.29 bits per heavy atom. The molecular formula is C16H33N. The summed E-state index contributed by atoms with van der Waals surface area (Å²) in [5.41, 5.74) is 0.570. The molecular weight excluding hydrogens is 206 g/mol. The second kappa shape index (κ2) is 8.13. The van der Waals surface area contributed by atoms with E-state index in [1.165, 1.54) is 70.8 Å². The molecule has 1 nitrogen and oxygen atoms in total. The Bertz CT molecular complexity index is 184. The van der Waals surface area contributed by atoms with Crippen molar-refractivity contribution in [3.63, 3.8) is 0 Å². The molecule has 102 valence electrons. The molecule has 0 radical (unpaired) electrons. The fraction of sp³-hybridized carbons (Fsp3) is 1.00. The molecule has 1 heterocycles. The van der Waals surface area contributed by atoms with Crippen LogP contribution in [0.25, 0.3) is 0 Å². The third-order valence-corrected chi connectivity index (χ3v) is 4.60. The molecule has 0 amide bonds. The molecule has 1 aliphatic heterocycles. The first kappa shape index (κ1) is 15.0. The summed E-state index contributed by atoms with van der Waals surface area (Å²) in [6, 6.07) is 0.802. The molecule has 0 aromatic carbocycles. The zero-order chi connectivity index (χ0) is 12.6. The summed E-state index contributed by atoms with van der Waals surface area (Å²) in [6.45, 7) is 8.41. The van der Waals surface area contributed by atoms with Crippen LogP contribution in [0, 0.1) is 5.41 Å². The van der Waals surface area contributed by atoms with Crippen LogP contribution in [0.1, 0.15) is 85.0 Å². The molecule has 1 saturated heterocycles. The SMILES string of the molecule is CCCCCCC(C)(CCCC)C1CCCN1. The van der Waals surface area contributed by atoms with Gasteiger partial charge in [-0.1, -0.05) is 59.3 Å². The number of hydrogen-bond acceptors (Lipinski definition) is 1. The van der Waals surface area contributed by atoms with Crippen LogP contribution < -0.4 is 5.32 Å². The van der Waals surface area contributed by atoms with Gasteiger partial charge in [-0.3, -0.25) is 0 Å². The normalized spacial score (nSPS) is 23.8. The van der Waals surface area contributed by atoms with Crippen molar-refractivity contribution in [3.05, 3.63) is 0 Å². The van der Waals surface area contributed by atoms with Gasteiger partial charge in [-0.2, -0.15) is 0 Å². The highest BCUT2D eigenvalue weighted by Crippen LogP contribution is 2.38. The fourth-order valence-electron chi connectivity index (χ4n) is 3.29. The Balaban J connectivity index is 2.39. The first-order valence-electron chi connectivity index (χ1n) is 7.96. The van der Waals surface area contributed by atoms with Crippen molar-refractivity contribution in [2.24, 2.45) is 5.41 Å². The summed E-state index contributed by atoms with van der Waals surface area (Å²) in [4.78, 5) is 0. The van der Waals surface area contributed by atoms with Crippen molar-refractivity contribution >= 4 is 0 Å². The van der Waals surface area contributed by atoms with E-state index in [9.17, 15) is 0 Å². The molecule has 0 aromatic heterocycles. The van der Waals surface area contributed by atoms with Crippen molar-refractivity contribution in [1.29, 1.82) is 0 Å². The Morgan fingerprint density at radius 1 is 1.00 bits per heavy atom. The number of nitrogens with one attached hydrogen (secondary N) is 1. The molecule has 0 aliphatic carbocycles. The van der Waals surface area contributed by atoms with E-state index in [0.29, 0.717) is 5.41 Å². The molecule has 1 rings (SSSR count). The Hall–Kier alpha value is -0.0400. The highest BCUT2D eigenvalue weighted by molar-refractivity contribution is 4.90. The maximum atomic E-state index is 3.75. The molecule has 1 fully saturated rings. The van der Waals surface area contributed by atoms with E-state index in [2.05, 4.69) is 26.1 Å². The summed E-state index contributed by atoms with van der Waals surface area (Å²) < 4.78 is 0. The van der Waals surface area contributed by atoms with Crippen molar-refractivity contribution in [3.8, 4) is 0 Å². The quantitative estimate of drug-likeness (QED) is 0.564. The van der Waals surface area contributed by atoms with Gasteiger partial charge < -0.3 is 5.32 Å². The lowest BCUT2D eigenvalue weighted by Gasteiger charge is -2.36. The van der Waals surface area contributed by atoms with Crippen LogP contribution in [0.3, 0.4) is 0 Å². The second-order valence-electron chi connectivity index (χ2n) is 6.22. The Morgan fingerprint density at radius 2 is 1.71 bits per heavy atom. The molecule has 2 atom stereocenters. The van der Waals surface area contributed by atoms with E-state index >= 15 is 0 Å². The second-order valence-corrected chi connectivity index (χ2v) is 6.22. The predicted octanol–water partition coefficient (Wildman–Crippen LogP) is 4.91. The summed E-state index contributed by atoms with van der Waals surface area (Å²) in [5, 5.41) is 3.75. The number of hydrogen-bond donors (Lipinski definition) is 1. The summed E-state index contributed by atoms with van der Waals surface area (Å²) in [6.07, 6.45) is 14.1. The Labute approximate surface area is 109 Å². The molecule has 1 aliphatic rings. The monoisotopic (exact) mass is 239 g/mol. The van der Waals surface area contributed by atoms with Crippen LogP contribution in [-0.4, -0.2) is 12.6 Å². The maximum Gasteiger partial charge on any atom is 0.0121 e. The molecule has 1 N–H and O–H groups in total. The van der Waals surface area contributed by atoms with Gasteiger partial charge in [0.1, 0.15) is 0 Å². The minimum atomic E-state index is 0.570. The highest BCUT2D eigenvalue weighted by atomic mass is 15.0. The van der Waals surface area contributed by atoms with Gasteiger partial charge in [0, 0.05) is 6.04 Å². The topological polar surface area (TPSA) is 12.0 Å². The summed E-state index contributed by atoms with van der Waals surface area (Å²) in [7, 11) is 0. The highest BCUT2D eigenvalue weighted by Gasteiger charge is 2.34. The lowest BCUT2D eigenvalue weighted by Crippen LogP contribution is -2.39. The van der Waals surface area contributed by atoms with E-state index in [1.54, 1.807) is 0 Å². The van der Waals surface area contributed by atoms with Crippen molar-refractivity contribution in [1.82, 2.24) is 5.32 Å². The molecule has 1 heteroatoms. The van der Waals surface area contributed by atoms with Gasteiger partial charge >= 0.3 is 0 Å². The first-order valence-corrected chi connectivity index (χ1v) is 7.96.